The molecule has 0 spiro atoms. The summed E-state index contributed by atoms with van der Waals surface area (Å²) in [4.78, 5) is 2.21. The molecule has 0 aromatic heterocycles. The first-order chi connectivity index (χ1) is 7.44. The first kappa shape index (κ1) is 13.0. The lowest BCUT2D eigenvalue weighted by atomic mass is 10.2. The van der Waals surface area contributed by atoms with Crippen LogP contribution in [0.2, 0.25) is 0 Å². The molecule has 0 saturated heterocycles. The molecule has 0 aliphatic carbocycles. The topological polar surface area (TPSA) is 58.2 Å². The van der Waals surface area contributed by atoms with Gasteiger partial charge in [-0.3, -0.25) is 5.43 Å². The molecule has 2 N–H and O–H groups in total. The van der Waals surface area contributed by atoms with Gasteiger partial charge in [0, 0.05) is 5.56 Å². The Balaban J connectivity index is 2.67. The SMILES string of the molecule is CCS(=O)(=O)NNC(=S)c1cccc(F)c1. The molecule has 0 amide bonds. The summed E-state index contributed by atoms with van der Waals surface area (Å²) >= 11 is 4.89. The Morgan fingerprint density at radius 3 is 2.75 bits per heavy atom. The van der Waals surface area contributed by atoms with E-state index in [9.17, 15) is 12.8 Å². The van der Waals surface area contributed by atoms with Crippen LogP contribution in [0.25, 0.3) is 0 Å². The molecule has 16 heavy (non-hydrogen) atoms. The smallest absolute Gasteiger partial charge is 0.228 e. The highest BCUT2D eigenvalue weighted by molar-refractivity contribution is 7.89. The maximum atomic E-state index is 12.8. The van der Waals surface area contributed by atoms with Crippen LogP contribution in [0.4, 0.5) is 4.39 Å². The van der Waals surface area contributed by atoms with Gasteiger partial charge in [0.15, 0.2) is 0 Å². The third-order valence-electron chi connectivity index (χ3n) is 1.79. The Hall–Kier alpha value is -1.05. The van der Waals surface area contributed by atoms with Crippen LogP contribution in [-0.2, 0) is 10.0 Å². The number of hydrazine groups is 1. The predicted molar refractivity (Wildman–Crippen MR) is 63.8 cm³/mol. The lowest BCUT2D eigenvalue weighted by molar-refractivity contribution is 0.579. The van der Waals surface area contributed by atoms with Crippen LogP contribution in [0, 0.1) is 5.82 Å². The summed E-state index contributed by atoms with van der Waals surface area (Å²) in [5.74, 6) is -0.494. The molecule has 1 aromatic carbocycles. The van der Waals surface area contributed by atoms with Crippen LogP contribution in [0.5, 0.6) is 0 Å². The fourth-order valence-electron chi connectivity index (χ4n) is 0.898. The van der Waals surface area contributed by atoms with E-state index in [2.05, 4.69) is 10.3 Å². The lowest BCUT2D eigenvalue weighted by Crippen LogP contribution is -2.41. The Morgan fingerprint density at radius 2 is 2.19 bits per heavy atom. The minimum atomic E-state index is -3.38. The molecule has 4 nitrogen and oxygen atoms in total. The highest BCUT2D eigenvalue weighted by Crippen LogP contribution is 2.03. The van der Waals surface area contributed by atoms with E-state index in [4.69, 9.17) is 12.2 Å². The molecular formula is C9H11FN2O2S2. The predicted octanol–water partition coefficient (Wildman–Crippen LogP) is 0.945. The van der Waals surface area contributed by atoms with Gasteiger partial charge in [-0.05, 0) is 19.1 Å². The van der Waals surface area contributed by atoms with Gasteiger partial charge in [0.2, 0.25) is 10.0 Å². The molecule has 0 saturated carbocycles. The number of nitrogens with one attached hydrogen (secondary N) is 2. The maximum Gasteiger partial charge on any atom is 0.228 e. The average Bonchev–Trinajstić information content (AvgIpc) is 2.26. The second-order valence-electron chi connectivity index (χ2n) is 2.97. The van der Waals surface area contributed by atoms with Gasteiger partial charge in [0.05, 0.1) is 5.75 Å². The van der Waals surface area contributed by atoms with Crippen LogP contribution in [0.3, 0.4) is 0 Å². The van der Waals surface area contributed by atoms with Crippen molar-refractivity contribution in [2.75, 3.05) is 5.75 Å². The van der Waals surface area contributed by atoms with Crippen molar-refractivity contribution in [3.63, 3.8) is 0 Å². The van der Waals surface area contributed by atoms with Crippen molar-refractivity contribution < 1.29 is 12.8 Å². The van der Waals surface area contributed by atoms with E-state index >= 15 is 0 Å². The first-order valence-electron chi connectivity index (χ1n) is 4.50. The molecular weight excluding hydrogens is 251 g/mol. The molecule has 1 aromatic rings. The number of benzene rings is 1. The summed E-state index contributed by atoms with van der Waals surface area (Å²) < 4.78 is 35.0. The zero-order valence-electron chi connectivity index (χ0n) is 8.53. The number of hydrogen-bond acceptors (Lipinski definition) is 3. The summed E-state index contributed by atoms with van der Waals surface area (Å²) in [6, 6.07) is 5.57. The highest BCUT2D eigenvalue weighted by atomic mass is 32.2. The summed E-state index contributed by atoms with van der Waals surface area (Å²) in [6.45, 7) is 1.50. The average molecular weight is 262 g/mol. The van der Waals surface area contributed by atoms with Crippen molar-refractivity contribution in [2.45, 2.75) is 6.92 Å². The van der Waals surface area contributed by atoms with Crippen molar-refractivity contribution in [3.8, 4) is 0 Å². The molecule has 0 aliphatic heterocycles. The van der Waals surface area contributed by atoms with E-state index in [1.807, 2.05) is 0 Å². The molecule has 0 bridgehead atoms. The van der Waals surface area contributed by atoms with E-state index in [1.54, 1.807) is 6.07 Å². The Labute approximate surface area is 98.9 Å². The highest BCUT2D eigenvalue weighted by Gasteiger charge is 2.07. The van der Waals surface area contributed by atoms with Crippen molar-refractivity contribution >= 4 is 27.2 Å². The molecule has 7 heteroatoms. The van der Waals surface area contributed by atoms with Crippen LogP contribution in [-0.4, -0.2) is 19.2 Å². The van der Waals surface area contributed by atoms with E-state index in [1.165, 1.54) is 25.1 Å². The maximum absolute atomic E-state index is 12.8. The fraction of sp³-hybridized carbons (Fsp3) is 0.222. The zero-order valence-corrected chi connectivity index (χ0v) is 10.2. The van der Waals surface area contributed by atoms with Crippen LogP contribution < -0.4 is 10.3 Å². The third-order valence-corrected chi connectivity index (χ3v) is 3.30. The van der Waals surface area contributed by atoms with E-state index < -0.39 is 15.8 Å². The van der Waals surface area contributed by atoms with Gasteiger partial charge in [-0.2, -0.15) is 0 Å². The summed E-state index contributed by atoms with van der Waals surface area (Å²) in [6.07, 6.45) is 0. The van der Waals surface area contributed by atoms with E-state index in [0.717, 1.165) is 0 Å². The zero-order chi connectivity index (χ0) is 12.2. The van der Waals surface area contributed by atoms with Crippen molar-refractivity contribution in [3.05, 3.63) is 35.6 Å². The molecule has 0 unspecified atom stereocenters. The van der Waals surface area contributed by atoms with Crippen LogP contribution in [0.15, 0.2) is 24.3 Å². The van der Waals surface area contributed by atoms with Crippen molar-refractivity contribution in [1.82, 2.24) is 10.3 Å². The molecule has 0 fully saturated rings. The van der Waals surface area contributed by atoms with E-state index in [-0.39, 0.29) is 10.7 Å². The van der Waals surface area contributed by atoms with Gasteiger partial charge in [-0.25, -0.2) is 12.8 Å². The summed E-state index contributed by atoms with van der Waals surface area (Å²) in [7, 11) is -3.38. The second-order valence-corrected chi connectivity index (χ2v) is 5.39. The number of sulfonamides is 1. The van der Waals surface area contributed by atoms with Gasteiger partial charge >= 0.3 is 0 Å². The molecule has 1 rings (SSSR count). The molecule has 0 radical (unpaired) electrons. The van der Waals surface area contributed by atoms with Gasteiger partial charge in [-0.15, -0.1) is 4.83 Å². The van der Waals surface area contributed by atoms with Crippen LogP contribution in [0.1, 0.15) is 12.5 Å². The first-order valence-corrected chi connectivity index (χ1v) is 6.56. The number of thiocarbonyl (C=S) groups is 1. The van der Waals surface area contributed by atoms with E-state index in [0.29, 0.717) is 5.56 Å². The number of halogens is 1. The monoisotopic (exact) mass is 262 g/mol. The van der Waals surface area contributed by atoms with Gasteiger partial charge in [-0.1, -0.05) is 24.4 Å². The lowest BCUT2D eigenvalue weighted by Gasteiger charge is -2.08. The molecule has 0 atom stereocenters. The van der Waals surface area contributed by atoms with Gasteiger partial charge in [0.25, 0.3) is 0 Å². The second kappa shape index (κ2) is 5.33. The summed E-state index contributed by atoms with van der Waals surface area (Å²) in [5, 5.41) is 0. The van der Waals surface area contributed by atoms with Gasteiger partial charge in [0.1, 0.15) is 10.8 Å². The minimum absolute atomic E-state index is 0.0637. The standard InChI is InChI=1S/C9H11FN2O2S2/c1-2-16(13,14)12-11-9(15)7-4-3-5-8(10)6-7/h3-6,12H,2H2,1H3,(H,11,15). The number of hydrogen-bond donors (Lipinski definition) is 2. The Kier molecular flexibility index (Phi) is 4.34. The molecule has 88 valence electrons. The molecule has 0 heterocycles. The quantitative estimate of drug-likeness (QED) is 0.626. The third kappa shape index (κ3) is 3.84. The largest absolute Gasteiger partial charge is 0.298 e. The Bertz CT molecular complexity index is 488. The minimum Gasteiger partial charge on any atom is -0.298 e. The summed E-state index contributed by atoms with van der Waals surface area (Å²) in [5.41, 5.74) is 2.76. The van der Waals surface area contributed by atoms with Crippen molar-refractivity contribution in [1.29, 1.82) is 0 Å². The fourth-order valence-corrected chi connectivity index (χ4v) is 1.54. The molecule has 0 aliphatic rings. The van der Waals surface area contributed by atoms with Crippen LogP contribution >= 0.6 is 12.2 Å². The normalized spacial score (nSPS) is 11.1. The van der Waals surface area contributed by atoms with Crippen molar-refractivity contribution in [2.24, 2.45) is 0 Å². The van der Waals surface area contributed by atoms with Gasteiger partial charge < -0.3 is 0 Å². The Morgan fingerprint density at radius 1 is 1.50 bits per heavy atom. The number of rotatable bonds is 4.